The number of aliphatic hydroxyl groups is 1. The molecule has 0 aromatic heterocycles. The third-order valence-electron chi connectivity index (χ3n) is 4.26. The van der Waals surface area contributed by atoms with Crippen LogP contribution in [0.2, 0.25) is 0 Å². The van der Waals surface area contributed by atoms with Gasteiger partial charge in [-0.2, -0.15) is 0 Å². The summed E-state index contributed by atoms with van der Waals surface area (Å²) in [6.45, 7) is 11.6. The zero-order chi connectivity index (χ0) is 16.9. The number of carbonyl (C=O) groups is 2. The molecule has 0 aromatic carbocycles. The van der Waals surface area contributed by atoms with Crippen LogP contribution in [0.5, 0.6) is 0 Å². The van der Waals surface area contributed by atoms with E-state index >= 15 is 0 Å². The summed E-state index contributed by atoms with van der Waals surface area (Å²) in [7, 11) is 0. The van der Waals surface area contributed by atoms with E-state index in [4.69, 9.17) is 0 Å². The SMILES string of the molecule is CC(C)C(O)CC(=O)N1CCCC(CNC(=O)C(C)(C)C)C1. The minimum absolute atomic E-state index is 0.0213. The van der Waals surface area contributed by atoms with Gasteiger partial charge in [0.15, 0.2) is 0 Å². The van der Waals surface area contributed by atoms with Gasteiger partial charge in [-0.25, -0.2) is 0 Å². The summed E-state index contributed by atoms with van der Waals surface area (Å²) in [6, 6.07) is 0. The molecule has 5 nitrogen and oxygen atoms in total. The Balaban J connectivity index is 2.44. The van der Waals surface area contributed by atoms with E-state index in [0.717, 1.165) is 19.4 Å². The summed E-state index contributed by atoms with van der Waals surface area (Å²) in [5.74, 6) is 0.468. The molecule has 0 saturated carbocycles. The highest BCUT2D eigenvalue weighted by molar-refractivity contribution is 5.81. The van der Waals surface area contributed by atoms with E-state index < -0.39 is 6.10 Å². The van der Waals surface area contributed by atoms with E-state index in [1.54, 1.807) is 0 Å². The number of amides is 2. The van der Waals surface area contributed by atoms with Crippen LogP contribution in [0.3, 0.4) is 0 Å². The molecule has 2 amide bonds. The van der Waals surface area contributed by atoms with Crippen molar-refractivity contribution in [1.29, 1.82) is 0 Å². The molecule has 1 aliphatic rings. The van der Waals surface area contributed by atoms with Crippen molar-refractivity contribution in [2.75, 3.05) is 19.6 Å². The summed E-state index contributed by atoms with van der Waals surface area (Å²) in [5, 5.41) is 12.8. The summed E-state index contributed by atoms with van der Waals surface area (Å²) >= 11 is 0. The Morgan fingerprint density at radius 3 is 2.50 bits per heavy atom. The number of nitrogens with zero attached hydrogens (tertiary/aromatic N) is 1. The normalized spacial score (nSPS) is 20.9. The van der Waals surface area contributed by atoms with Gasteiger partial charge in [0.05, 0.1) is 12.5 Å². The van der Waals surface area contributed by atoms with Crippen molar-refractivity contribution in [3.8, 4) is 0 Å². The van der Waals surface area contributed by atoms with Crippen LogP contribution in [0.1, 0.15) is 53.9 Å². The highest BCUT2D eigenvalue weighted by Gasteiger charge is 2.27. The Labute approximate surface area is 134 Å². The Kier molecular flexibility index (Phi) is 6.85. The molecule has 0 bridgehead atoms. The quantitative estimate of drug-likeness (QED) is 0.813. The molecule has 1 saturated heterocycles. The van der Waals surface area contributed by atoms with E-state index in [-0.39, 0.29) is 29.6 Å². The van der Waals surface area contributed by atoms with Crippen molar-refractivity contribution in [1.82, 2.24) is 10.2 Å². The molecule has 2 atom stereocenters. The van der Waals surface area contributed by atoms with E-state index in [9.17, 15) is 14.7 Å². The molecular weight excluding hydrogens is 280 g/mol. The largest absolute Gasteiger partial charge is 0.392 e. The standard InChI is InChI=1S/C17H32N2O3/c1-12(2)14(20)9-15(21)19-8-6-7-13(11-19)10-18-16(22)17(3,4)5/h12-14,20H,6-11H2,1-5H3,(H,18,22). The fourth-order valence-corrected chi connectivity index (χ4v) is 2.50. The van der Waals surface area contributed by atoms with Crippen LogP contribution in [0.15, 0.2) is 0 Å². The predicted molar refractivity (Wildman–Crippen MR) is 87.2 cm³/mol. The lowest BCUT2D eigenvalue weighted by Crippen LogP contribution is -2.46. The Hall–Kier alpha value is -1.10. The number of likely N-dealkylation sites (tertiary alicyclic amines) is 1. The first-order chi connectivity index (χ1) is 10.1. The lowest BCUT2D eigenvalue weighted by atomic mass is 9.93. The number of carbonyl (C=O) groups excluding carboxylic acids is 2. The highest BCUT2D eigenvalue weighted by atomic mass is 16.3. The van der Waals surface area contributed by atoms with Crippen molar-refractivity contribution >= 4 is 11.8 Å². The van der Waals surface area contributed by atoms with E-state index in [2.05, 4.69) is 5.32 Å². The summed E-state index contributed by atoms with van der Waals surface area (Å²) in [6.07, 6.45) is 1.60. The first-order valence-electron chi connectivity index (χ1n) is 8.35. The zero-order valence-corrected chi connectivity index (χ0v) is 14.7. The number of nitrogens with one attached hydrogen (secondary N) is 1. The number of hydrogen-bond donors (Lipinski definition) is 2. The summed E-state index contributed by atoms with van der Waals surface area (Å²) < 4.78 is 0. The van der Waals surface area contributed by atoms with Crippen molar-refractivity contribution in [3.63, 3.8) is 0 Å². The average molecular weight is 312 g/mol. The van der Waals surface area contributed by atoms with Crippen LogP contribution in [0.4, 0.5) is 0 Å². The van der Waals surface area contributed by atoms with Gasteiger partial charge in [-0.15, -0.1) is 0 Å². The molecule has 1 fully saturated rings. The van der Waals surface area contributed by atoms with Crippen molar-refractivity contribution in [2.24, 2.45) is 17.3 Å². The second kappa shape index (κ2) is 7.95. The van der Waals surface area contributed by atoms with Gasteiger partial charge in [-0.3, -0.25) is 9.59 Å². The maximum atomic E-state index is 12.2. The first kappa shape index (κ1) is 18.9. The van der Waals surface area contributed by atoms with Crippen LogP contribution in [0, 0.1) is 17.3 Å². The van der Waals surface area contributed by atoms with Gasteiger partial charge < -0.3 is 15.3 Å². The minimum Gasteiger partial charge on any atom is -0.392 e. The lowest BCUT2D eigenvalue weighted by molar-refractivity contribution is -0.135. The third kappa shape index (κ3) is 5.95. The Morgan fingerprint density at radius 2 is 1.95 bits per heavy atom. The molecule has 128 valence electrons. The molecule has 2 unspecified atom stereocenters. The van der Waals surface area contributed by atoms with E-state index in [1.807, 2.05) is 39.5 Å². The smallest absolute Gasteiger partial charge is 0.225 e. The van der Waals surface area contributed by atoms with Gasteiger partial charge in [0, 0.05) is 25.0 Å². The summed E-state index contributed by atoms with van der Waals surface area (Å²) in [4.78, 5) is 26.0. The van der Waals surface area contributed by atoms with Gasteiger partial charge in [0.2, 0.25) is 11.8 Å². The molecule has 0 radical (unpaired) electrons. The van der Waals surface area contributed by atoms with Crippen LogP contribution in [-0.4, -0.2) is 47.6 Å². The maximum absolute atomic E-state index is 12.2. The third-order valence-corrected chi connectivity index (χ3v) is 4.26. The van der Waals surface area contributed by atoms with Crippen LogP contribution < -0.4 is 5.32 Å². The van der Waals surface area contributed by atoms with Crippen molar-refractivity contribution in [2.45, 2.75) is 60.0 Å². The topological polar surface area (TPSA) is 69.6 Å². The molecule has 22 heavy (non-hydrogen) atoms. The van der Waals surface area contributed by atoms with Gasteiger partial charge in [0.1, 0.15) is 0 Å². The zero-order valence-electron chi connectivity index (χ0n) is 14.7. The molecule has 2 N–H and O–H groups in total. The fourth-order valence-electron chi connectivity index (χ4n) is 2.50. The molecule has 0 aromatic rings. The Morgan fingerprint density at radius 1 is 1.32 bits per heavy atom. The fraction of sp³-hybridized carbons (Fsp3) is 0.882. The number of piperidine rings is 1. The molecule has 5 heteroatoms. The monoisotopic (exact) mass is 312 g/mol. The minimum atomic E-state index is -0.575. The van der Waals surface area contributed by atoms with Crippen LogP contribution >= 0.6 is 0 Å². The molecule has 1 rings (SSSR count). The summed E-state index contributed by atoms with van der Waals surface area (Å²) in [5.41, 5.74) is -0.383. The van der Waals surface area contributed by atoms with Gasteiger partial charge in [-0.05, 0) is 24.7 Å². The second-order valence-electron chi connectivity index (χ2n) is 7.82. The molecular formula is C17H32N2O3. The Bertz CT molecular complexity index is 388. The molecule has 0 aliphatic carbocycles. The molecule has 0 spiro atoms. The number of aliphatic hydroxyl groups excluding tert-OH is 1. The van der Waals surface area contributed by atoms with Crippen molar-refractivity contribution < 1.29 is 14.7 Å². The number of rotatable bonds is 5. The van der Waals surface area contributed by atoms with Gasteiger partial charge >= 0.3 is 0 Å². The van der Waals surface area contributed by atoms with Gasteiger partial charge in [0.25, 0.3) is 0 Å². The highest BCUT2D eigenvalue weighted by Crippen LogP contribution is 2.19. The van der Waals surface area contributed by atoms with E-state index in [0.29, 0.717) is 19.0 Å². The lowest BCUT2D eigenvalue weighted by Gasteiger charge is -2.34. The average Bonchev–Trinajstić information content (AvgIpc) is 2.43. The van der Waals surface area contributed by atoms with Crippen LogP contribution in [0.25, 0.3) is 0 Å². The number of hydrogen-bond acceptors (Lipinski definition) is 3. The van der Waals surface area contributed by atoms with E-state index in [1.165, 1.54) is 0 Å². The first-order valence-corrected chi connectivity index (χ1v) is 8.35. The van der Waals surface area contributed by atoms with Crippen LogP contribution in [-0.2, 0) is 9.59 Å². The van der Waals surface area contributed by atoms with Gasteiger partial charge in [-0.1, -0.05) is 34.6 Å². The maximum Gasteiger partial charge on any atom is 0.225 e. The molecule has 1 heterocycles. The predicted octanol–water partition coefficient (Wildman–Crippen LogP) is 1.79. The second-order valence-corrected chi connectivity index (χ2v) is 7.82. The van der Waals surface area contributed by atoms with Crippen molar-refractivity contribution in [3.05, 3.63) is 0 Å². The molecule has 1 aliphatic heterocycles.